The highest BCUT2D eigenvalue weighted by Crippen LogP contribution is 2.17. The third-order valence-electron chi connectivity index (χ3n) is 3.20. The number of para-hydroxylation sites is 1. The zero-order valence-electron chi connectivity index (χ0n) is 13.7. The fourth-order valence-electron chi connectivity index (χ4n) is 1.95. The summed E-state index contributed by atoms with van der Waals surface area (Å²) in [7, 11) is 1.56. The van der Waals surface area contributed by atoms with Crippen LogP contribution in [-0.4, -0.2) is 32.2 Å². The summed E-state index contributed by atoms with van der Waals surface area (Å²) in [5.41, 5.74) is 0.836. The van der Waals surface area contributed by atoms with Crippen LogP contribution in [0.25, 0.3) is 0 Å². The summed E-state index contributed by atoms with van der Waals surface area (Å²) in [6, 6.07) is 14.4. The van der Waals surface area contributed by atoms with Gasteiger partial charge in [-0.05, 0) is 30.3 Å². The number of benzene rings is 2. The number of hydrogen-bond acceptors (Lipinski definition) is 5. The third kappa shape index (κ3) is 6.46. The molecule has 0 unspecified atom stereocenters. The van der Waals surface area contributed by atoms with Crippen molar-refractivity contribution >= 4 is 27.8 Å². The number of nitrogens with one attached hydrogen (secondary N) is 1. The van der Waals surface area contributed by atoms with Crippen LogP contribution in [0.2, 0.25) is 0 Å². The van der Waals surface area contributed by atoms with Crippen molar-refractivity contribution in [2.24, 2.45) is 0 Å². The van der Waals surface area contributed by atoms with E-state index in [0.29, 0.717) is 11.5 Å². The highest BCUT2D eigenvalue weighted by Gasteiger charge is 2.09. The van der Waals surface area contributed by atoms with Crippen LogP contribution >= 0.6 is 15.9 Å². The Morgan fingerprint density at radius 3 is 2.48 bits per heavy atom. The average Bonchev–Trinajstić information content (AvgIpc) is 2.64. The molecule has 0 heterocycles. The van der Waals surface area contributed by atoms with Crippen molar-refractivity contribution in [1.29, 1.82) is 0 Å². The Balaban J connectivity index is 1.68. The Morgan fingerprint density at radius 1 is 1.04 bits per heavy atom. The molecule has 25 heavy (non-hydrogen) atoms. The molecule has 7 heteroatoms. The summed E-state index contributed by atoms with van der Waals surface area (Å²) in [6.07, 6.45) is 0. The van der Waals surface area contributed by atoms with Gasteiger partial charge in [-0.1, -0.05) is 34.1 Å². The van der Waals surface area contributed by atoms with Crippen molar-refractivity contribution in [2.45, 2.75) is 6.54 Å². The Hall–Kier alpha value is -2.54. The van der Waals surface area contributed by atoms with Gasteiger partial charge in [0.15, 0.2) is 13.2 Å². The normalized spacial score (nSPS) is 10.0. The van der Waals surface area contributed by atoms with E-state index < -0.39 is 11.9 Å². The molecule has 1 amide bonds. The molecule has 0 fully saturated rings. The first kappa shape index (κ1) is 18.8. The van der Waals surface area contributed by atoms with Gasteiger partial charge in [-0.2, -0.15) is 0 Å². The zero-order valence-corrected chi connectivity index (χ0v) is 15.2. The summed E-state index contributed by atoms with van der Waals surface area (Å²) in [5.74, 6) is 0.210. The molecular formula is C18H18BrNO5. The summed E-state index contributed by atoms with van der Waals surface area (Å²) in [5, 5.41) is 2.67. The van der Waals surface area contributed by atoms with Crippen LogP contribution in [0.15, 0.2) is 53.0 Å². The van der Waals surface area contributed by atoms with Gasteiger partial charge in [0.25, 0.3) is 5.91 Å². The summed E-state index contributed by atoms with van der Waals surface area (Å²) < 4.78 is 16.3. The number of ether oxygens (including phenoxy) is 3. The molecule has 132 valence electrons. The number of carbonyl (C=O) groups is 2. The maximum Gasteiger partial charge on any atom is 0.344 e. The maximum atomic E-state index is 11.8. The predicted octanol–water partition coefficient (Wildman–Crippen LogP) is 2.70. The molecule has 2 aromatic carbocycles. The third-order valence-corrected chi connectivity index (χ3v) is 3.73. The number of carbonyl (C=O) groups excluding carboxylic acids is 2. The fraction of sp³-hybridized carbons (Fsp3) is 0.222. The van der Waals surface area contributed by atoms with Crippen LogP contribution < -0.4 is 14.8 Å². The monoisotopic (exact) mass is 407 g/mol. The summed E-state index contributed by atoms with van der Waals surface area (Å²) >= 11 is 3.31. The van der Waals surface area contributed by atoms with Crippen LogP contribution in [0.1, 0.15) is 5.56 Å². The highest BCUT2D eigenvalue weighted by atomic mass is 79.9. The predicted molar refractivity (Wildman–Crippen MR) is 95.4 cm³/mol. The number of amides is 1. The molecule has 1 N–H and O–H groups in total. The minimum Gasteiger partial charge on any atom is -0.496 e. The van der Waals surface area contributed by atoms with Crippen LogP contribution in [0, 0.1) is 0 Å². The maximum absolute atomic E-state index is 11.8. The van der Waals surface area contributed by atoms with Crippen LogP contribution in [-0.2, 0) is 20.9 Å². The molecule has 2 aromatic rings. The summed E-state index contributed by atoms with van der Waals surface area (Å²) in [6.45, 7) is -0.338. The van der Waals surface area contributed by atoms with Crippen molar-refractivity contribution in [1.82, 2.24) is 5.32 Å². The molecule has 0 aliphatic rings. The standard InChI is InChI=1S/C18H18BrNO5/c1-23-16-5-3-2-4-13(16)10-20-17(21)11-25-18(22)12-24-15-8-6-14(19)7-9-15/h2-9H,10-12H2,1H3,(H,20,21). The SMILES string of the molecule is COc1ccccc1CNC(=O)COC(=O)COc1ccc(Br)cc1. The molecular weight excluding hydrogens is 390 g/mol. The van der Waals surface area contributed by atoms with E-state index in [1.54, 1.807) is 37.4 Å². The van der Waals surface area contributed by atoms with E-state index in [1.807, 2.05) is 18.2 Å². The number of esters is 1. The topological polar surface area (TPSA) is 73.9 Å². The van der Waals surface area contributed by atoms with Gasteiger partial charge < -0.3 is 19.5 Å². The van der Waals surface area contributed by atoms with Gasteiger partial charge in [-0.15, -0.1) is 0 Å². The fourth-order valence-corrected chi connectivity index (χ4v) is 2.22. The van der Waals surface area contributed by atoms with E-state index in [2.05, 4.69) is 21.2 Å². The largest absolute Gasteiger partial charge is 0.496 e. The van der Waals surface area contributed by atoms with Crippen molar-refractivity contribution in [3.8, 4) is 11.5 Å². The second kappa shape index (κ2) is 9.68. The zero-order chi connectivity index (χ0) is 18.1. The van der Waals surface area contributed by atoms with Crippen molar-refractivity contribution in [3.63, 3.8) is 0 Å². The lowest BCUT2D eigenvalue weighted by Crippen LogP contribution is -2.29. The van der Waals surface area contributed by atoms with Gasteiger partial charge in [0.05, 0.1) is 7.11 Å². The molecule has 2 rings (SSSR count). The van der Waals surface area contributed by atoms with Gasteiger partial charge in [0, 0.05) is 16.6 Å². The second-order valence-corrected chi connectivity index (χ2v) is 5.91. The van der Waals surface area contributed by atoms with Crippen LogP contribution in [0.3, 0.4) is 0 Å². The molecule has 0 radical (unpaired) electrons. The van der Waals surface area contributed by atoms with Gasteiger partial charge in [0.1, 0.15) is 11.5 Å². The molecule has 6 nitrogen and oxygen atoms in total. The second-order valence-electron chi connectivity index (χ2n) is 4.99. The molecule has 0 bridgehead atoms. The minimum absolute atomic E-state index is 0.262. The molecule has 0 aromatic heterocycles. The van der Waals surface area contributed by atoms with Crippen LogP contribution in [0.5, 0.6) is 11.5 Å². The van der Waals surface area contributed by atoms with Crippen molar-refractivity contribution in [2.75, 3.05) is 20.3 Å². The highest BCUT2D eigenvalue weighted by molar-refractivity contribution is 9.10. The Kier molecular flexibility index (Phi) is 7.28. The molecule has 0 saturated heterocycles. The summed E-state index contributed by atoms with van der Waals surface area (Å²) in [4.78, 5) is 23.4. The van der Waals surface area contributed by atoms with E-state index >= 15 is 0 Å². The number of methoxy groups -OCH3 is 1. The number of hydrogen-bond donors (Lipinski definition) is 1. The number of rotatable bonds is 8. The van der Waals surface area contributed by atoms with E-state index in [4.69, 9.17) is 14.2 Å². The first-order chi connectivity index (χ1) is 12.1. The molecule has 0 aliphatic carbocycles. The lowest BCUT2D eigenvalue weighted by Gasteiger charge is -2.10. The van der Waals surface area contributed by atoms with Gasteiger partial charge >= 0.3 is 5.97 Å². The average molecular weight is 408 g/mol. The molecule has 0 saturated carbocycles. The molecule has 0 aliphatic heterocycles. The van der Waals surface area contributed by atoms with E-state index in [1.165, 1.54) is 0 Å². The van der Waals surface area contributed by atoms with Crippen molar-refractivity contribution in [3.05, 3.63) is 58.6 Å². The minimum atomic E-state index is -0.615. The van der Waals surface area contributed by atoms with Gasteiger partial charge in [-0.3, -0.25) is 4.79 Å². The molecule has 0 spiro atoms. The smallest absolute Gasteiger partial charge is 0.344 e. The lowest BCUT2D eigenvalue weighted by molar-refractivity contribution is -0.150. The molecule has 0 atom stereocenters. The van der Waals surface area contributed by atoms with E-state index in [0.717, 1.165) is 10.0 Å². The number of halogens is 1. The van der Waals surface area contributed by atoms with Gasteiger partial charge in [-0.25, -0.2) is 4.79 Å². The Labute approximate surface area is 154 Å². The van der Waals surface area contributed by atoms with Crippen molar-refractivity contribution < 1.29 is 23.8 Å². The van der Waals surface area contributed by atoms with E-state index in [9.17, 15) is 9.59 Å². The van der Waals surface area contributed by atoms with Gasteiger partial charge in [0.2, 0.25) is 0 Å². The van der Waals surface area contributed by atoms with E-state index in [-0.39, 0.29) is 19.8 Å². The first-order valence-corrected chi connectivity index (χ1v) is 8.30. The first-order valence-electron chi connectivity index (χ1n) is 7.51. The Morgan fingerprint density at radius 2 is 1.76 bits per heavy atom. The quantitative estimate of drug-likeness (QED) is 0.680. The lowest BCUT2D eigenvalue weighted by atomic mass is 10.2. The van der Waals surface area contributed by atoms with Crippen LogP contribution in [0.4, 0.5) is 0 Å². The Bertz CT molecular complexity index is 718.